The molecule has 292 valence electrons. The molecule has 55 heavy (non-hydrogen) atoms. The normalized spacial score (nSPS) is 16.4. The zero-order valence-electron chi connectivity index (χ0n) is 31.0. The Morgan fingerprint density at radius 2 is 1.73 bits per heavy atom. The predicted octanol–water partition coefficient (Wildman–Crippen LogP) is 7.59. The Bertz CT molecular complexity index is 2140. The molecule has 2 aromatic carbocycles. The average Bonchev–Trinajstić information content (AvgIpc) is 3.69. The zero-order chi connectivity index (χ0) is 39.2. The third kappa shape index (κ3) is 8.03. The fourth-order valence-electron chi connectivity index (χ4n) is 7.13. The van der Waals surface area contributed by atoms with Gasteiger partial charge in [-0.1, -0.05) is 19.1 Å². The molecule has 17 heteroatoms. The number of likely N-dealkylation sites (N-methyl/N-ethyl adjacent to an activating group) is 1. The second-order valence-corrected chi connectivity index (χ2v) is 14.9. The number of imide groups is 1. The van der Waals surface area contributed by atoms with Crippen LogP contribution in [0.25, 0.3) is 22.2 Å². The molecular formula is C38H43F3N8O6. The first kappa shape index (κ1) is 37.9. The van der Waals surface area contributed by atoms with Gasteiger partial charge >= 0.3 is 24.4 Å². The van der Waals surface area contributed by atoms with Gasteiger partial charge in [-0.25, -0.2) is 24.4 Å². The van der Waals surface area contributed by atoms with Gasteiger partial charge in [-0.3, -0.25) is 4.90 Å². The number of fused-ring (bicyclic) bond motifs is 2. The fraction of sp³-hybridized carbons (Fsp3) is 0.447. The minimum Gasteiger partial charge on any atom is -0.491 e. The van der Waals surface area contributed by atoms with Crippen LogP contribution in [0.15, 0.2) is 42.9 Å². The van der Waals surface area contributed by atoms with Crippen LogP contribution in [0.4, 0.5) is 44.7 Å². The zero-order valence-corrected chi connectivity index (χ0v) is 31.0. The van der Waals surface area contributed by atoms with Crippen molar-refractivity contribution in [2.45, 2.75) is 71.3 Å². The highest BCUT2D eigenvalue weighted by atomic mass is 19.4. The minimum atomic E-state index is -4.62. The molecule has 4 heterocycles. The number of urea groups is 1. The van der Waals surface area contributed by atoms with Crippen molar-refractivity contribution in [3.8, 4) is 16.9 Å². The number of carbonyl (C=O) groups is 3. The summed E-state index contributed by atoms with van der Waals surface area (Å²) in [4.78, 5) is 52.5. The summed E-state index contributed by atoms with van der Waals surface area (Å²) < 4.78 is 56.1. The maximum Gasteiger partial charge on any atom is 0.425 e. The van der Waals surface area contributed by atoms with E-state index in [1.807, 2.05) is 15.7 Å². The first-order valence-electron chi connectivity index (χ1n) is 18.2. The number of anilines is 3. The molecule has 2 aromatic heterocycles. The van der Waals surface area contributed by atoms with Gasteiger partial charge in [0.2, 0.25) is 0 Å². The maximum atomic E-state index is 14.2. The second kappa shape index (κ2) is 14.7. The summed E-state index contributed by atoms with van der Waals surface area (Å²) in [5.41, 5.74) is 0.953. The van der Waals surface area contributed by atoms with Crippen LogP contribution in [0.5, 0.6) is 5.75 Å². The van der Waals surface area contributed by atoms with Crippen LogP contribution in [-0.2, 0) is 23.9 Å². The molecule has 1 saturated heterocycles. The SMILES string of the molecule is CCN1CCN(Cc2ccc(NC(=O)Nc3ccc(-c4cn(C5CC5)c5ncnc(N(C(=O)O)C(=O)OC(C)(C)C)c45)c4c3OCC4)cc2C(F)(F)F)CC1. The highest BCUT2D eigenvalue weighted by Gasteiger charge is 2.37. The molecule has 3 aliphatic rings. The van der Waals surface area contributed by atoms with Crippen LogP contribution in [0.1, 0.15) is 63.3 Å². The second-order valence-electron chi connectivity index (χ2n) is 14.9. The molecule has 1 aliphatic carbocycles. The van der Waals surface area contributed by atoms with Crippen molar-refractivity contribution in [2.24, 2.45) is 0 Å². The van der Waals surface area contributed by atoms with Crippen LogP contribution in [0.2, 0.25) is 0 Å². The summed E-state index contributed by atoms with van der Waals surface area (Å²) in [7, 11) is 0. The number of aromatic nitrogens is 3. The molecule has 2 fully saturated rings. The highest BCUT2D eigenvalue weighted by molar-refractivity contribution is 6.15. The van der Waals surface area contributed by atoms with Crippen molar-refractivity contribution >= 4 is 46.4 Å². The first-order valence-corrected chi connectivity index (χ1v) is 18.2. The topological polar surface area (TPSA) is 154 Å². The van der Waals surface area contributed by atoms with Gasteiger partial charge in [0.05, 0.1) is 23.2 Å². The lowest BCUT2D eigenvalue weighted by molar-refractivity contribution is -0.138. The van der Waals surface area contributed by atoms with E-state index in [1.165, 1.54) is 18.5 Å². The van der Waals surface area contributed by atoms with E-state index in [1.54, 1.807) is 32.9 Å². The summed E-state index contributed by atoms with van der Waals surface area (Å²) in [5.74, 6) is 0.189. The molecule has 2 aliphatic heterocycles. The van der Waals surface area contributed by atoms with Gasteiger partial charge in [-0.2, -0.15) is 18.1 Å². The van der Waals surface area contributed by atoms with Crippen LogP contribution < -0.4 is 20.3 Å². The van der Waals surface area contributed by atoms with Gasteiger partial charge in [0.1, 0.15) is 23.3 Å². The van der Waals surface area contributed by atoms with E-state index in [0.717, 1.165) is 38.5 Å². The summed E-state index contributed by atoms with van der Waals surface area (Å²) in [5, 5.41) is 15.8. The van der Waals surface area contributed by atoms with Crippen molar-refractivity contribution in [3.63, 3.8) is 0 Å². The van der Waals surface area contributed by atoms with Crippen molar-refractivity contribution in [3.05, 3.63) is 59.5 Å². The highest BCUT2D eigenvalue weighted by Crippen LogP contribution is 2.47. The number of nitrogens with zero attached hydrogens (tertiary/aromatic N) is 6. The van der Waals surface area contributed by atoms with Gasteiger partial charge in [-0.15, -0.1) is 0 Å². The molecular weight excluding hydrogens is 721 g/mol. The number of hydrogen-bond acceptors (Lipinski definition) is 9. The predicted molar refractivity (Wildman–Crippen MR) is 199 cm³/mol. The van der Waals surface area contributed by atoms with E-state index in [2.05, 4.69) is 32.4 Å². The van der Waals surface area contributed by atoms with Crippen molar-refractivity contribution in [2.75, 3.05) is 54.9 Å². The monoisotopic (exact) mass is 764 g/mol. The first-order chi connectivity index (χ1) is 26.1. The van der Waals surface area contributed by atoms with E-state index >= 15 is 0 Å². The van der Waals surface area contributed by atoms with Crippen molar-refractivity contribution < 1.29 is 42.1 Å². The molecule has 0 unspecified atom stereocenters. The number of benzene rings is 2. The Labute approximate surface area is 315 Å². The number of ether oxygens (including phenoxy) is 2. The number of amides is 4. The lowest BCUT2D eigenvalue weighted by Crippen LogP contribution is -2.45. The Morgan fingerprint density at radius 1 is 1.00 bits per heavy atom. The van der Waals surface area contributed by atoms with Gasteiger partial charge < -0.3 is 34.7 Å². The quantitative estimate of drug-likeness (QED) is 0.164. The Balaban J connectivity index is 1.17. The largest absolute Gasteiger partial charge is 0.491 e. The number of halogens is 3. The molecule has 0 radical (unpaired) electrons. The molecule has 0 bridgehead atoms. The number of nitrogens with one attached hydrogen (secondary N) is 2. The Morgan fingerprint density at radius 3 is 2.38 bits per heavy atom. The average molecular weight is 765 g/mol. The van der Waals surface area contributed by atoms with E-state index in [0.29, 0.717) is 57.9 Å². The number of carboxylic acid groups (broad SMARTS) is 1. The summed E-state index contributed by atoms with van der Waals surface area (Å²) >= 11 is 0. The van der Waals surface area contributed by atoms with Gasteiger partial charge in [0.15, 0.2) is 5.82 Å². The smallest absolute Gasteiger partial charge is 0.425 e. The number of alkyl halides is 3. The molecule has 0 spiro atoms. The summed E-state index contributed by atoms with van der Waals surface area (Å²) in [6, 6.07) is 6.52. The standard InChI is InChI=1S/C38H43F3N8O6/c1-5-46-13-15-47(16-14-46)19-22-6-7-23(18-28(22)38(39,40)41)44-34(50)45-29-11-10-25(26-12-17-54-31(26)29)27-20-48(24-8-9-24)32-30(27)33(43-21-42-32)49(35(51)52)36(53)55-37(2,3)4/h6-7,10-11,18,20-21,24H,5,8-9,12-17,19H2,1-4H3,(H,51,52)(H2,44,45,50). The molecule has 14 nitrogen and oxygen atoms in total. The van der Waals surface area contributed by atoms with Crippen molar-refractivity contribution in [1.29, 1.82) is 0 Å². The van der Waals surface area contributed by atoms with Gasteiger partial charge in [0.25, 0.3) is 0 Å². The van der Waals surface area contributed by atoms with E-state index in [-0.39, 0.29) is 41.9 Å². The van der Waals surface area contributed by atoms with E-state index in [9.17, 15) is 32.7 Å². The third-order valence-corrected chi connectivity index (χ3v) is 9.89. The molecule has 4 amide bonds. The molecule has 0 atom stereocenters. The third-order valence-electron chi connectivity index (χ3n) is 9.89. The number of carbonyl (C=O) groups excluding carboxylic acids is 2. The Kier molecular flexibility index (Phi) is 10.1. The molecule has 4 aromatic rings. The summed E-state index contributed by atoms with van der Waals surface area (Å²) in [6.45, 7) is 11.2. The minimum absolute atomic E-state index is 0.0213. The van der Waals surface area contributed by atoms with E-state index in [4.69, 9.17) is 9.47 Å². The number of hydrogen-bond donors (Lipinski definition) is 3. The maximum absolute atomic E-state index is 14.2. The van der Waals surface area contributed by atoms with Gasteiger partial charge in [-0.05, 0) is 69.5 Å². The lowest BCUT2D eigenvalue weighted by Gasteiger charge is -2.34. The number of piperazine rings is 1. The van der Waals surface area contributed by atoms with Crippen LogP contribution in [-0.4, -0.2) is 92.6 Å². The van der Waals surface area contributed by atoms with E-state index < -0.39 is 35.6 Å². The van der Waals surface area contributed by atoms with Crippen LogP contribution in [0, 0.1) is 0 Å². The number of rotatable bonds is 8. The summed E-state index contributed by atoms with van der Waals surface area (Å²) in [6.07, 6.45) is -2.05. The molecule has 7 rings (SSSR count). The lowest BCUT2D eigenvalue weighted by atomic mass is 9.97. The van der Waals surface area contributed by atoms with Crippen molar-refractivity contribution in [1.82, 2.24) is 24.3 Å². The molecule has 3 N–H and O–H groups in total. The van der Waals surface area contributed by atoms with Crippen LogP contribution >= 0.6 is 0 Å². The van der Waals surface area contributed by atoms with Gasteiger partial charge in [0, 0.05) is 68.2 Å². The Hall–Kier alpha value is -5.42. The fourth-order valence-corrected chi connectivity index (χ4v) is 7.13. The van der Waals surface area contributed by atoms with Crippen LogP contribution in [0.3, 0.4) is 0 Å². The molecule has 1 saturated carbocycles.